The second kappa shape index (κ2) is 3.80. The molecule has 2 N–H and O–H groups in total. The van der Waals surface area contributed by atoms with Crippen molar-refractivity contribution in [1.29, 1.82) is 0 Å². The van der Waals surface area contributed by atoms with Crippen molar-refractivity contribution in [3.8, 4) is 0 Å². The summed E-state index contributed by atoms with van der Waals surface area (Å²) < 4.78 is 13.1. The number of carbonyl (C=O) groups is 1. The SMILES string of the molecule is CNC(=O)c1ccc2c(c1)[nH]c1cnc(F)cc12. The van der Waals surface area contributed by atoms with Gasteiger partial charge in [-0.1, -0.05) is 6.07 Å². The summed E-state index contributed by atoms with van der Waals surface area (Å²) in [5.41, 5.74) is 2.10. The van der Waals surface area contributed by atoms with Crippen LogP contribution < -0.4 is 5.32 Å². The highest BCUT2D eigenvalue weighted by Gasteiger charge is 2.09. The highest BCUT2D eigenvalue weighted by Crippen LogP contribution is 2.25. The summed E-state index contributed by atoms with van der Waals surface area (Å²) in [4.78, 5) is 18.2. The van der Waals surface area contributed by atoms with Gasteiger partial charge in [0, 0.05) is 35.0 Å². The predicted molar refractivity (Wildman–Crippen MR) is 66.9 cm³/mol. The van der Waals surface area contributed by atoms with Crippen molar-refractivity contribution >= 4 is 27.7 Å². The zero-order valence-electron chi connectivity index (χ0n) is 9.62. The first kappa shape index (κ1) is 10.7. The highest BCUT2D eigenvalue weighted by molar-refractivity contribution is 6.09. The predicted octanol–water partition coefficient (Wildman–Crippen LogP) is 2.21. The number of aromatic amines is 1. The number of rotatable bonds is 1. The first-order chi connectivity index (χ1) is 8.69. The number of fused-ring (bicyclic) bond motifs is 3. The van der Waals surface area contributed by atoms with Crippen LogP contribution in [0.5, 0.6) is 0 Å². The van der Waals surface area contributed by atoms with Crippen LogP contribution in [0, 0.1) is 5.95 Å². The lowest BCUT2D eigenvalue weighted by atomic mass is 10.1. The maximum absolute atomic E-state index is 13.1. The van der Waals surface area contributed by atoms with Crippen LogP contribution in [-0.2, 0) is 0 Å². The fourth-order valence-electron chi connectivity index (χ4n) is 2.07. The van der Waals surface area contributed by atoms with Crippen molar-refractivity contribution in [3.63, 3.8) is 0 Å². The molecule has 0 saturated carbocycles. The Morgan fingerprint density at radius 1 is 1.28 bits per heavy atom. The molecule has 2 aromatic heterocycles. The fraction of sp³-hybridized carbons (Fsp3) is 0.0769. The molecule has 0 fully saturated rings. The van der Waals surface area contributed by atoms with Gasteiger partial charge in [0.1, 0.15) is 0 Å². The average molecular weight is 243 g/mol. The normalized spacial score (nSPS) is 11.0. The molecular formula is C13H10FN3O. The highest BCUT2D eigenvalue weighted by atomic mass is 19.1. The zero-order valence-corrected chi connectivity index (χ0v) is 9.62. The van der Waals surface area contributed by atoms with E-state index in [9.17, 15) is 9.18 Å². The van der Waals surface area contributed by atoms with Gasteiger partial charge in [0.25, 0.3) is 5.91 Å². The molecule has 0 aliphatic rings. The maximum Gasteiger partial charge on any atom is 0.251 e. The van der Waals surface area contributed by atoms with Crippen LogP contribution in [0.25, 0.3) is 21.8 Å². The van der Waals surface area contributed by atoms with E-state index >= 15 is 0 Å². The lowest BCUT2D eigenvalue weighted by Gasteiger charge is -1.99. The second-order valence-electron chi connectivity index (χ2n) is 4.02. The monoisotopic (exact) mass is 243 g/mol. The van der Waals surface area contributed by atoms with Gasteiger partial charge in [-0.25, -0.2) is 4.98 Å². The van der Waals surface area contributed by atoms with E-state index in [1.54, 1.807) is 25.2 Å². The van der Waals surface area contributed by atoms with Gasteiger partial charge >= 0.3 is 0 Å². The number of nitrogens with zero attached hydrogens (tertiary/aromatic N) is 1. The summed E-state index contributed by atoms with van der Waals surface area (Å²) >= 11 is 0. The summed E-state index contributed by atoms with van der Waals surface area (Å²) in [6.45, 7) is 0. The number of amides is 1. The Labute approximate surface area is 102 Å². The standard InChI is InChI=1S/C13H10FN3O/c1-15-13(18)7-2-3-8-9-5-12(14)16-6-11(9)17-10(8)4-7/h2-6,17H,1H3,(H,15,18). The summed E-state index contributed by atoms with van der Waals surface area (Å²) in [6.07, 6.45) is 1.45. The van der Waals surface area contributed by atoms with E-state index in [2.05, 4.69) is 15.3 Å². The van der Waals surface area contributed by atoms with Crippen LogP contribution in [0.15, 0.2) is 30.5 Å². The number of pyridine rings is 1. The van der Waals surface area contributed by atoms with E-state index in [4.69, 9.17) is 0 Å². The minimum atomic E-state index is -0.515. The van der Waals surface area contributed by atoms with Crippen molar-refractivity contribution in [1.82, 2.24) is 15.3 Å². The molecule has 0 radical (unpaired) electrons. The lowest BCUT2D eigenvalue weighted by Crippen LogP contribution is -2.17. The van der Waals surface area contributed by atoms with Crippen LogP contribution in [0.3, 0.4) is 0 Å². The van der Waals surface area contributed by atoms with Crippen molar-refractivity contribution in [2.75, 3.05) is 7.05 Å². The average Bonchev–Trinajstić information content (AvgIpc) is 2.74. The van der Waals surface area contributed by atoms with E-state index < -0.39 is 5.95 Å². The van der Waals surface area contributed by atoms with Crippen molar-refractivity contribution < 1.29 is 9.18 Å². The van der Waals surface area contributed by atoms with E-state index in [-0.39, 0.29) is 5.91 Å². The largest absolute Gasteiger partial charge is 0.355 e. The molecule has 3 aromatic rings. The van der Waals surface area contributed by atoms with Gasteiger partial charge in [0.2, 0.25) is 5.95 Å². The summed E-state index contributed by atoms with van der Waals surface area (Å²) in [7, 11) is 1.58. The molecule has 1 amide bonds. The molecular weight excluding hydrogens is 233 g/mol. The third kappa shape index (κ3) is 1.52. The maximum atomic E-state index is 13.1. The van der Waals surface area contributed by atoms with Gasteiger partial charge in [-0.05, 0) is 12.1 Å². The van der Waals surface area contributed by atoms with Crippen LogP contribution in [0.4, 0.5) is 4.39 Å². The van der Waals surface area contributed by atoms with Crippen molar-refractivity contribution in [2.45, 2.75) is 0 Å². The van der Waals surface area contributed by atoms with E-state index in [1.165, 1.54) is 12.3 Å². The van der Waals surface area contributed by atoms with Gasteiger partial charge in [0.15, 0.2) is 0 Å². The number of hydrogen-bond acceptors (Lipinski definition) is 2. The fourth-order valence-corrected chi connectivity index (χ4v) is 2.07. The summed E-state index contributed by atoms with van der Waals surface area (Å²) in [6, 6.07) is 6.64. The summed E-state index contributed by atoms with van der Waals surface area (Å²) in [5.74, 6) is -0.668. The van der Waals surface area contributed by atoms with Crippen LogP contribution in [0.2, 0.25) is 0 Å². The Kier molecular flexibility index (Phi) is 2.26. The first-order valence-corrected chi connectivity index (χ1v) is 5.48. The Balaban J connectivity index is 2.30. The molecule has 3 rings (SSSR count). The Bertz CT molecular complexity index is 763. The number of halogens is 1. The number of benzene rings is 1. The van der Waals surface area contributed by atoms with E-state index in [0.717, 1.165) is 21.8 Å². The summed E-state index contributed by atoms with van der Waals surface area (Å²) in [5, 5.41) is 4.20. The smallest absolute Gasteiger partial charge is 0.251 e. The van der Waals surface area contributed by atoms with Crippen LogP contribution in [0.1, 0.15) is 10.4 Å². The molecule has 0 atom stereocenters. The lowest BCUT2D eigenvalue weighted by molar-refractivity contribution is 0.0963. The van der Waals surface area contributed by atoms with Crippen LogP contribution >= 0.6 is 0 Å². The van der Waals surface area contributed by atoms with Crippen molar-refractivity contribution in [3.05, 3.63) is 42.0 Å². The van der Waals surface area contributed by atoms with E-state index in [1.807, 2.05) is 0 Å². The Hall–Kier alpha value is -2.43. The second-order valence-corrected chi connectivity index (χ2v) is 4.02. The minimum absolute atomic E-state index is 0.153. The van der Waals surface area contributed by atoms with Crippen LogP contribution in [-0.4, -0.2) is 22.9 Å². The molecule has 18 heavy (non-hydrogen) atoms. The molecule has 4 nitrogen and oxygen atoms in total. The number of hydrogen-bond donors (Lipinski definition) is 2. The third-order valence-corrected chi connectivity index (χ3v) is 2.94. The molecule has 0 unspecified atom stereocenters. The van der Waals surface area contributed by atoms with Gasteiger partial charge in [-0.15, -0.1) is 0 Å². The molecule has 0 spiro atoms. The zero-order chi connectivity index (χ0) is 12.7. The van der Waals surface area contributed by atoms with E-state index in [0.29, 0.717) is 5.56 Å². The molecule has 0 aliphatic carbocycles. The third-order valence-electron chi connectivity index (χ3n) is 2.94. The molecule has 0 saturated heterocycles. The quantitative estimate of drug-likeness (QED) is 0.644. The first-order valence-electron chi connectivity index (χ1n) is 5.48. The van der Waals surface area contributed by atoms with Crippen molar-refractivity contribution in [2.24, 2.45) is 0 Å². The van der Waals surface area contributed by atoms with Gasteiger partial charge in [0.05, 0.1) is 11.7 Å². The topological polar surface area (TPSA) is 57.8 Å². The van der Waals surface area contributed by atoms with Gasteiger partial charge in [-0.2, -0.15) is 4.39 Å². The number of H-pyrrole nitrogens is 1. The Morgan fingerprint density at radius 3 is 2.89 bits per heavy atom. The molecule has 90 valence electrons. The van der Waals surface area contributed by atoms with Gasteiger partial charge < -0.3 is 10.3 Å². The molecule has 2 heterocycles. The number of carbonyl (C=O) groups excluding carboxylic acids is 1. The Morgan fingerprint density at radius 2 is 2.11 bits per heavy atom. The van der Waals surface area contributed by atoms with Gasteiger partial charge in [-0.3, -0.25) is 4.79 Å². The number of aromatic nitrogens is 2. The minimum Gasteiger partial charge on any atom is -0.355 e. The molecule has 1 aromatic carbocycles. The molecule has 5 heteroatoms. The molecule has 0 aliphatic heterocycles. The molecule has 0 bridgehead atoms. The number of nitrogens with one attached hydrogen (secondary N) is 2.